The summed E-state index contributed by atoms with van der Waals surface area (Å²) in [5.74, 6) is -0.394. The number of hydrogen-bond donors (Lipinski definition) is 2. The monoisotopic (exact) mass is 373 g/mol. The number of benzene rings is 2. The summed E-state index contributed by atoms with van der Waals surface area (Å²) in [5.41, 5.74) is 1.80. The van der Waals surface area contributed by atoms with Crippen LogP contribution in [0.25, 0.3) is 0 Å². The number of non-ortho nitro benzene ring substituents is 1. The number of amides is 2. The summed E-state index contributed by atoms with van der Waals surface area (Å²) in [6, 6.07) is 11.5. The van der Waals surface area contributed by atoms with Crippen LogP contribution < -0.4 is 10.6 Å². The van der Waals surface area contributed by atoms with E-state index in [1.54, 1.807) is 32.0 Å². The third-order valence-corrected chi connectivity index (χ3v) is 4.66. The molecular formula is C18H19N3O4S. The minimum atomic E-state index is -0.496. The Bertz CT molecular complexity index is 837. The van der Waals surface area contributed by atoms with Crippen LogP contribution in [0.3, 0.4) is 0 Å². The highest BCUT2D eigenvalue weighted by Gasteiger charge is 2.17. The number of thioether (sulfide) groups is 1. The van der Waals surface area contributed by atoms with E-state index in [9.17, 15) is 19.7 Å². The van der Waals surface area contributed by atoms with Crippen LogP contribution in [0.1, 0.15) is 19.4 Å². The van der Waals surface area contributed by atoms with Crippen molar-refractivity contribution >= 4 is 40.6 Å². The second-order valence-electron chi connectivity index (χ2n) is 5.71. The Hall–Kier alpha value is -2.87. The summed E-state index contributed by atoms with van der Waals surface area (Å²) in [4.78, 5) is 34.7. The van der Waals surface area contributed by atoms with E-state index in [2.05, 4.69) is 10.6 Å². The zero-order chi connectivity index (χ0) is 19.3. The average Bonchev–Trinajstić information content (AvgIpc) is 2.57. The summed E-state index contributed by atoms with van der Waals surface area (Å²) in [7, 11) is 0. The van der Waals surface area contributed by atoms with Crippen LogP contribution in [0.15, 0.2) is 47.4 Å². The number of nitro benzene ring substituents is 1. The van der Waals surface area contributed by atoms with E-state index in [4.69, 9.17) is 0 Å². The molecular weight excluding hydrogens is 354 g/mol. The first-order valence-corrected chi connectivity index (χ1v) is 8.74. The lowest BCUT2D eigenvalue weighted by atomic mass is 10.2. The van der Waals surface area contributed by atoms with E-state index in [-0.39, 0.29) is 17.5 Å². The molecule has 0 fully saturated rings. The molecule has 2 rings (SSSR count). The quantitative estimate of drug-likeness (QED) is 0.453. The molecule has 2 amide bonds. The number of hydrogen-bond acceptors (Lipinski definition) is 5. The second kappa shape index (κ2) is 8.48. The molecule has 8 heteroatoms. The highest BCUT2D eigenvalue weighted by molar-refractivity contribution is 8.00. The van der Waals surface area contributed by atoms with Crippen molar-refractivity contribution in [3.63, 3.8) is 0 Å². The van der Waals surface area contributed by atoms with Gasteiger partial charge >= 0.3 is 0 Å². The van der Waals surface area contributed by atoms with E-state index in [1.807, 2.05) is 12.1 Å². The standard InChI is InChI=1S/C18H19N3O4S/c1-11-4-7-15(21(24)25)10-17(11)20-18(23)12(2)26-16-8-5-14(6-9-16)19-13(3)22/h4-10,12H,1-3H3,(H,19,22)(H,20,23). The number of rotatable bonds is 6. The van der Waals surface area contributed by atoms with Gasteiger partial charge in [0.2, 0.25) is 11.8 Å². The van der Waals surface area contributed by atoms with Crippen LogP contribution in [0.4, 0.5) is 17.1 Å². The normalized spacial score (nSPS) is 11.5. The van der Waals surface area contributed by atoms with Crippen molar-refractivity contribution in [2.75, 3.05) is 10.6 Å². The third-order valence-electron chi connectivity index (χ3n) is 3.55. The topological polar surface area (TPSA) is 101 Å². The van der Waals surface area contributed by atoms with Crippen LogP contribution in [0, 0.1) is 17.0 Å². The molecule has 0 aliphatic carbocycles. The second-order valence-corrected chi connectivity index (χ2v) is 7.13. The Labute approximate surface area is 155 Å². The van der Waals surface area contributed by atoms with Crippen LogP contribution in [-0.4, -0.2) is 22.0 Å². The van der Waals surface area contributed by atoms with Gasteiger partial charge < -0.3 is 10.6 Å². The molecule has 0 saturated heterocycles. The Morgan fingerprint density at radius 2 is 1.77 bits per heavy atom. The molecule has 0 saturated carbocycles. The fourth-order valence-electron chi connectivity index (χ4n) is 2.17. The van der Waals surface area contributed by atoms with Crippen molar-refractivity contribution in [3.05, 3.63) is 58.1 Å². The van der Waals surface area contributed by atoms with Gasteiger partial charge in [0.05, 0.1) is 15.9 Å². The van der Waals surface area contributed by atoms with Gasteiger partial charge in [-0.2, -0.15) is 0 Å². The van der Waals surface area contributed by atoms with Crippen LogP contribution in [0.2, 0.25) is 0 Å². The molecule has 2 aromatic rings. The van der Waals surface area contributed by atoms with Crippen molar-refractivity contribution in [3.8, 4) is 0 Å². The molecule has 0 aliphatic heterocycles. The minimum Gasteiger partial charge on any atom is -0.326 e. The molecule has 26 heavy (non-hydrogen) atoms. The predicted octanol–water partition coefficient (Wildman–Crippen LogP) is 3.98. The third kappa shape index (κ3) is 5.32. The molecule has 1 atom stereocenters. The lowest BCUT2D eigenvalue weighted by molar-refractivity contribution is -0.384. The van der Waals surface area contributed by atoms with E-state index in [1.165, 1.54) is 30.8 Å². The first-order chi connectivity index (χ1) is 12.3. The van der Waals surface area contributed by atoms with E-state index < -0.39 is 10.2 Å². The molecule has 0 aromatic heterocycles. The zero-order valence-corrected chi connectivity index (χ0v) is 15.4. The predicted molar refractivity (Wildman–Crippen MR) is 103 cm³/mol. The maximum absolute atomic E-state index is 12.4. The number of nitro groups is 1. The van der Waals surface area contributed by atoms with Gasteiger partial charge in [-0.25, -0.2) is 0 Å². The highest BCUT2D eigenvalue weighted by atomic mass is 32.2. The highest BCUT2D eigenvalue weighted by Crippen LogP contribution is 2.27. The minimum absolute atomic E-state index is 0.0697. The summed E-state index contributed by atoms with van der Waals surface area (Å²) in [6.07, 6.45) is 0. The molecule has 1 unspecified atom stereocenters. The van der Waals surface area contributed by atoms with Gasteiger partial charge in [0, 0.05) is 29.6 Å². The molecule has 2 aromatic carbocycles. The maximum atomic E-state index is 12.4. The number of anilines is 2. The maximum Gasteiger partial charge on any atom is 0.271 e. The largest absolute Gasteiger partial charge is 0.326 e. The van der Waals surface area contributed by atoms with Gasteiger partial charge in [0.25, 0.3) is 5.69 Å². The molecule has 2 N–H and O–H groups in total. The first kappa shape index (κ1) is 19.5. The lowest BCUT2D eigenvalue weighted by Crippen LogP contribution is -2.22. The van der Waals surface area contributed by atoms with Crippen LogP contribution in [-0.2, 0) is 9.59 Å². The number of carbonyl (C=O) groups is 2. The number of nitrogens with zero attached hydrogens (tertiary/aromatic N) is 1. The van der Waals surface area contributed by atoms with Gasteiger partial charge in [-0.15, -0.1) is 11.8 Å². The van der Waals surface area contributed by atoms with Gasteiger partial charge in [0.1, 0.15) is 0 Å². The fraction of sp³-hybridized carbons (Fsp3) is 0.222. The molecule has 0 spiro atoms. The van der Waals surface area contributed by atoms with E-state index in [0.29, 0.717) is 11.4 Å². The molecule has 0 bridgehead atoms. The van der Waals surface area contributed by atoms with Crippen molar-refractivity contribution in [2.24, 2.45) is 0 Å². The Morgan fingerprint density at radius 3 is 2.35 bits per heavy atom. The Kier molecular flexibility index (Phi) is 6.35. The van der Waals surface area contributed by atoms with Crippen molar-refractivity contribution in [2.45, 2.75) is 30.9 Å². The molecule has 7 nitrogen and oxygen atoms in total. The summed E-state index contributed by atoms with van der Waals surface area (Å²) >= 11 is 1.36. The molecule has 0 aliphatic rings. The zero-order valence-electron chi connectivity index (χ0n) is 14.6. The summed E-state index contributed by atoms with van der Waals surface area (Å²) in [5, 5.41) is 15.9. The summed E-state index contributed by atoms with van der Waals surface area (Å²) in [6.45, 7) is 4.97. The molecule has 0 radical (unpaired) electrons. The smallest absolute Gasteiger partial charge is 0.271 e. The molecule has 136 valence electrons. The first-order valence-electron chi connectivity index (χ1n) is 7.86. The number of nitrogens with one attached hydrogen (secondary N) is 2. The van der Waals surface area contributed by atoms with Gasteiger partial charge in [-0.05, 0) is 43.7 Å². The van der Waals surface area contributed by atoms with Crippen LogP contribution in [0.5, 0.6) is 0 Å². The van der Waals surface area contributed by atoms with E-state index >= 15 is 0 Å². The summed E-state index contributed by atoms with van der Waals surface area (Å²) < 4.78 is 0. The fourth-order valence-corrected chi connectivity index (χ4v) is 3.04. The van der Waals surface area contributed by atoms with E-state index in [0.717, 1.165) is 10.5 Å². The van der Waals surface area contributed by atoms with Gasteiger partial charge in [-0.1, -0.05) is 6.07 Å². The average molecular weight is 373 g/mol. The Balaban J connectivity index is 2.02. The number of carbonyl (C=O) groups excluding carboxylic acids is 2. The van der Waals surface area contributed by atoms with Crippen molar-refractivity contribution < 1.29 is 14.5 Å². The van der Waals surface area contributed by atoms with Crippen molar-refractivity contribution in [1.29, 1.82) is 0 Å². The number of aryl methyl sites for hydroxylation is 1. The van der Waals surface area contributed by atoms with Crippen molar-refractivity contribution in [1.82, 2.24) is 0 Å². The van der Waals surface area contributed by atoms with Crippen LogP contribution >= 0.6 is 11.8 Å². The molecule has 0 heterocycles. The van der Waals surface area contributed by atoms with Gasteiger partial charge in [0.15, 0.2) is 0 Å². The Morgan fingerprint density at radius 1 is 1.12 bits per heavy atom. The lowest BCUT2D eigenvalue weighted by Gasteiger charge is -2.14. The SMILES string of the molecule is CC(=O)Nc1ccc(SC(C)C(=O)Nc2cc([N+](=O)[O-])ccc2C)cc1. The van der Waals surface area contributed by atoms with Gasteiger partial charge in [-0.3, -0.25) is 19.7 Å².